The van der Waals surface area contributed by atoms with Gasteiger partial charge in [-0.15, -0.1) is 5.10 Å². The molecule has 3 N–H and O–H groups in total. The third kappa shape index (κ3) is 4.85. The van der Waals surface area contributed by atoms with E-state index in [0.717, 1.165) is 29.6 Å². The summed E-state index contributed by atoms with van der Waals surface area (Å²) in [6, 6.07) is 1.90. The Morgan fingerprint density at radius 2 is 1.97 bits per heavy atom. The van der Waals surface area contributed by atoms with Crippen LogP contribution in [0.5, 0.6) is 0 Å². The number of H-pyrrole nitrogens is 1. The largest absolute Gasteiger partial charge is 0.383 e. The fourth-order valence-corrected chi connectivity index (χ4v) is 4.07. The normalized spacial score (nSPS) is 11.2. The van der Waals surface area contributed by atoms with Crippen LogP contribution in [0, 0.1) is 13.8 Å². The van der Waals surface area contributed by atoms with Gasteiger partial charge in [-0.05, 0) is 32.8 Å². The maximum Gasteiger partial charge on any atom is 0.330 e. The monoisotopic (exact) mass is 460 g/mol. The summed E-state index contributed by atoms with van der Waals surface area (Å²) in [4.78, 5) is 50.3. The maximum atomic E-state index is 13.1. The molecule has 1 amide bonds. The lowest BCUT2D eigenvalue weighted by atomic mass is 10.2. The fraction of sp³-hybridized carbons (Fsp3) is 0.500. The number of nitrogen functional groups attached to an aromatic ring is 1. The summed E-state index contributed by atoms with van der Waals surface area (Å²) < 4.78 is 2.91. The number of nitrogens with zero attached hydrogens (tertiary/aromatic N) is 6. The number of hydrogen-bond acceptors (Lipinski definition) is 8. The Kier molecular flexibility index (Phi) is 7.33. The van der Waals surface area contributed by atoms with Crippen LogP contribution >= 0.6 is 11.8 Å². The maximum absolute atomic E-state index is 13.1. The van der Waals surface area contributed by atoms with Crippen molar-refractivity contribution in [3.05, 3.63) is 38.3 Å². The van der Waals surface area contributed by atoms with Crippen molar-refractivity contribution in [2.75, 3.05) is 22.9 Å². The number of aryl methyl sites for hydroxylation is 2. The molecule has 0 fully saturated rings. The molecule has 0 aliphatic rings. The van der Waals surface area contributed by atoms with Crippen LogP contribution in [0.2, 0.25) is 0 Å². The van der Waals surface area contributed by atoms with E-state index in [1.807, 2.05) is 33.8 Å². The van der Waals surface area contributed by atoms with E-state index in [4.69, 9.17) is 5.73 Å². The smallest absolute Gasteiger partial charge is 0.330 e. The number of fused-ring (bicyclic) bond motifs is 1. The third-order valence-corrected chi connectivity index (χ3v) is 5.71. The minimum absolute atomic E-state index is 0.00351. The predicted molar refractivity (Wildman–Crippen MR) is 124 cm³/mol. The lowest BCUT2D eigenvalue weighted by Gasteiger charge is -2.24. The molecule has 11 nitrogen and oxygen atoms in total. The molecule has 0 aliphatic heterocycles. The van der Waals surface area contributed by atoms with E-state index in [-0.39, 0.29) is 23.2 Å². The summed E-state index contributed by atoms with van der Waals surface area (Å²) >= 11 is 1.16. The number of nitrogens with one attached hydrogen (secondary N) is 1. The highest BCUT2D eigenvalue weighted by atomic mass is 32.2. The number of thioether (sulfide) groups is 1. The number of nitrogens with two attached hydrogens (primary N) is 1. The Morgan fingerprint density at radius 3 is 2.66 bits per heavy atom. The highest BCUT2D eigenvalue weighted by molar-refractivity contribution is 7.99. The summed E-state index contributed by atoms with van der Waals surface area (Å²) in [5.74, 6) is 0.149. The number of unbranched alkanes of at least 4 members (excludes halogenated alkanes) is 1. The number of amides is 1. The van der Waals surface area contributed by atoms with Gasteiger partial charge in [0.2, 0.25) is 11.1 Å². The average Bonchev–Trinajstić information content (AvgIpc) is 3.14. The molecule has 0 unspecified atom stereocenters. The lowest BCUT2D eigenvalue weighted by molar-refractivity contribution is -0.116. The molecule has 3 heterocycles. The number of aromatic nitrogens is 6. The van der Waals surface area contributed by atoms with Gasteiger partial charge in [0.05, 0.1) is 5.75 Å². The molecule has 3 rings (SSSR count). The van der Waals surface area contributed by atoms with Crippen LogP contribution in [0.4, 0.5) is 11.5 Å². The van der Waals surface area contributed by atoms with Crippen molar-refractivity contribution in [3.8, 4) is 0 Å². The van der Waals surface area contributed by atoms with E-state index in [9.17, 15) is 14.4 Å². The van der Waals surface area contributed by atoms with Crippen LogP contribution in [0.1, 0.15) is 44.5 Å². The molecule has 0 atom stereocenters. The molecule has 3 aromatic rings. The number of aromatic amines is 1. The molecular weight excluding hydrogens is 432 g/mol. The Balaban J connectivity index is 1.89. The second-order valence-electron chi connectivity index (χ2n) is 7.48. The van der Waals surface area contributed by atoms with Gasteiger partial charge < -0.3 is 10.6 Å². The van der Waals surface area contributed by atoms with E-state index < -0.39 is 11.2 Å². The average molecular weight is 461 g/mol. The molecule has 12 heteroatoms. The zero-order valence-corrected chi connectivity index (χ0v) is 19.5. The first-order valence-corrected chi connectivity index (χ1v) is 11.5. The fourth-order valence-electron chi connectivity index (χ4n) is 3.37. The molecule has 32 heavy (non-hydrogen) atoms. The number of hydrogen-bond donors (Lipinski definition) is 2. The van der Waals surface area contributed by atoms with E-state index in [1.165, 1.54) is 9.47 Å². The van der Waals surface area contributed by atoms with E-state index in [1.54, 1.807) is 4.52 Å². The highest BCUT2D eigenvalue weighted by Crippen LogP contribution is 2.21. The van der Waals surface area contributed by atoms with Crippen LogP contribution in [-0.2, 0) is 11.3 Å². The summed E-state index contributed by atoms with van der Waals surface area (Å²) in [6.07, 6.45) is 2.15. The summed E-state index contributed by atoms with van der Waals surface area (Å²) in [5.41, 5.74) is 6.65. The Bertz CT molecular complexity index is 1250. The highest BCUT2D eigenvalue weighted by Gasteiger charge is 2.24. The molecule has 172 valence electrons. The van der Waals surface area contributed by atoms with Crippen LogP contribution in [0.25, 0.3) is 5.78 Å². The van der Waals surface area contributed by atoms with Crippen molar-refractivity contribution in [3.63, 3.8) is 0 Å². The summed E-state index contributed by atoms with van der Waals surface area (Å²) in [5, 5.41) is 4.81. The first-order valence-electron chi connectivity index (χ1n) is 10.5. The summed E-state index contributed by atoms with van der Waals surface area (Å²) in [6.45, 7) is 8.32. The summed E-state index contributed by atoms with van der Waals surface area (Å²) in [7, 11) is 0. The van der Waals surface area contributed by atoms with Crippen molar-refractivity contribution < 1.29 is 4.79 Å². The number of carbonyl (C=O) groups excluding carboxylic acids is 1. The minimum atomic E-state index is -0.671. The minimum Gasteiger partial charge on any atom is -0.383 e. The number of anilines is 2. The SMILES string of the molecule is CCCCN(C(=O)CSc1nc2nc(C)cc(C)n2n1)c1c(N)n(CCC)c(=O)[nH]c1=O. The third-order valence-electron chi connectivity index (χ3n) is 4.89. The van der Waals surface area contributed by atoms with Crippen molar-refractivity contribution in [1.82, 2.24) is 29.1 Å². The van der Waals surface area contributed by atoms with Gasteiger partial charge in [0, 0.05) is 24.5 Å². The van der Waals surface area contributed by atoms with Gasteiger partial charge in [-0.2, -0.15) is 4.98 Å². The predicted octanol–water partition coefficient (Wildman–Crippen LogP) is 1.51. The van der Waals surface area contributed by atoms with Gasteiger partial charge in [0.25, 0.3) is 11.3 Å². The second kappa shape index (κ2) is 9.98. The topological polar surface area (TPSA) is 144 Å². The van der Waals surface area contributed by atoms with E-state index >= 15 is 0 Å². The number of carbonyl (C=O) groups is 1. The van der Waals surface area contributed by atoms with Gasteiger partial charge in [-0.3, -0.25) is 19.1 Å². The Labute approximate surface area is 189 Å². The van der Waals surface area contributed by atoms with Crippen LogP contribution in [0.15, 0.2) is 20.8 Å². The van der Waals surface area contributed by atoms with Crippen molar-refractivity contribution in [2.45, 2.75) is 58.7 Å². The first-order chi connectivity index (χ1) is 15.3. The van der Waals surface area contributed by atoms with Crippen molar-refractivity contribution in [2.24, 2.45) is 0 Å². The van der Waals surface area contributed by atoms with Gasteiger partial charge in [-0.1, -0.05) is 32.0 Å². The van der Waals surface area contributed by atoms with Gasteiger partial charge in [0.15, 0.2) is 5.69 Å². The van der Waals surface area contributed by atoms with Gasteiger partial charge >= 0.3 is 5.69 Å². The zero-order valence-electron chi connectivity index (χ0n) is 18.7. The Morgan fingerprint density at radius 1 is 1.22 bits per heavy atom. The molecule has 0 spiro atoms. The Hall–Kier alpha value is -3.15. The van der Waals surface area contributed by atoms with E-state index in [0.29, 0.717) is 36.9 Å². The van der Waals surface area contributed by atoms with Gasteiger partial charge in [0.1, 0.15) is 5.82 Å². The second-order valence-corrected chi connectivity index (χ2v) is 8.42. The molecule has 0 saturated carbocycles. The van der Waals surface area contributed by atoms with Crippen molar-refractivity contribution in [1.29, 1.82) is 0 Å². The van der Waals surface area contributed by atoms with Crippen molar-refractivity contribution >= 4 is 35.0 Å². The molecule has 0 saturated heterocycles. The lowest BCUT2D eigenvalue weighted by Crippen LogP contribution is -2.42. The number of rotatable bonds is 9. The zero-order chi connectivity index (χ0) is 23.4. The molecule has 0 radical (unpaired) electrons. The standard InChI is InChI=1S/C20H28N8O3S/c1-5-7-9-26(15-16(21)27(8-6-2)20(31)23-17(15)30)14(29)11-32-19-24-18-22-12(3)10-13(4)28(18)25-19/h10H,5-9,11,21H2,1-4H3,(H,23,30,31). The van der Waals surface area contributed by atoms with Gasteiger partial charge in [-0.25, -0.2) is 14.3 Å². The quantitative estimate of drug-likeness (QED) is 0.457. The molecule has 0 bridgehead atoms. The van der Waals surface area contributed by atoms with Crippen LogP contribution in [-0.4, -0.2) is 47.3 Å². The first kappa shape index (κ1) is 23.5. The van der Waals surface area contributed by atoms with Crippen LogP contribution < -0.4 is 21.9 Å². The molecule has 0 aliphatic carbocycles. The van der Waals surface area contributed by atoms with E-state index in [2.05, 4.69) is 20.1 Å². The molecular formula is C20H28N8O3S. The molecule has 3 aromatic heterocycles. The molecule has 0 aromatic carbocycles. The van der Waals surface area contributed by atoms with Crippen LogP contribution in [0.3, 0.4) is 0 Å².